The van der Waals surface area contributed by atoms with Gasteiger partial charge in [0.1, 0.15) is 5.76 Å². The molecule has 0 fully saturated rings. The third-order valence-corrected chi connectivity index (χ3v) is 2.59. The highest BCUT2D eigenvalue weighted by Crippen LogP contribution is 2.32. The molecule has 1 heterocycles. The molecule has 5 nitrogen and oxygen atoms in total. The van der Waals surface area contributed by atoms with E-state index < -0.39 is 5.97 Å². The van der Waals surface area contributed by atoms with Crippen molar-refractivity contribution in [3.05, 3.63) is 29.5 Å². The maximum Gasteiger partial charge on any atom is 0.352 e. The molecule has 18 heavy (non-hydrogen) atoms. The average Bonchev–Trinajstić information content (AvgIpc) is 2.65. The van der Waals surface area contributed by atoms with Crippen LogP contribution in [0, 0.1) is 6.92 Å². The fourth-order valence-electron chi connectivity index (χ4n) is 1.85. The van der Waals surface area contributed by atoms with Crippen LogP contribution in [0.3, 0.4) is 0 Å². The number of para-hydroxylation sites is 1. The number of benzene rings is 1. The minimum Gasteiger partial charge on any atom is -0.457 e. The van der Waals surface area contributed by atoms with E-state index in [1.165, 1.54) is 6.92 Å². The first kappa shape index (κ1) is 12.4. The summed E-state index contributed by atoms with van der Waals surface area (Å²) in [6.45, 7) is 3.12. The molecule has 0 aliphatic carbocycles. The lowest BCUT2D eigenvalue weighted by Crippen LogP contribution is -2.02. The number of aliphatic hydroxyl groups excluding tert-OH is 1. The van der Waals surface area contributed by atoms with Crippen LogP contribution in [0.2, 0.25) is 0 Å². The van der Waals surface area contributed by atoms with Gasteiger partial charge in [-0.25, -0.2) is 4.79 Å². The minimum atomic E-state index is -0.536. The first-order valence-corrected chi connectivity index (χ1v) is 5.60. The van der Waals surface area contributed by atoms with Crippen molar-refractivity contribution < 1.29 is 24.1 Å². The molecule has 1 N–H and O–H groups in total. The number of aryl methyl sites for hydroxylation is 1. The highest BCUT2D eigenvalue weighted by atomic mass is 17.2. The second kappa shape index (κ2) is 5.10. The molecule has 0 atom stereocenters. The van der Waals surface area contributed by atoms with Gasteiger partial charge in [0, 0.05) is 24.5 Å². The highest BCUT2D eigenvalue weighted by Gasteiger charge is 2.15. The molecule has 5 heteroatoms. The van der Waals surface area contributed by atoms with Crippen molar-refractivity contribution in [1.82, 2.24) is 0 Å². The molecule has 0 radical (unpaired) electrons. The topological polar surface area (TPSA) is 68.9 Å². The minimum absolute atomic E-state index is 0.0461. The van der Waals surface area contributed by atoms with Gasteiger partial charge in [0.15, 0.2) is 5.58 Å². The summed E-state index contributed by atoms with van der Waals surface area (Å²) in [7, 11) is 0. The van der Waals surface area contributed by atoms with E-state index in [0.717, 1.165) is 16.7 Å². The van der Waals surface area contributed by atoms with Gasteiger partial charge in [-0.2, -0.15) is 0 Å². The number of rotatable bonds is 4. The molecule has 0 amide bonds. The third-order valence-electron chi connectivity index (χ3n) is 2.59. The first-order valence-electron chi connectivity index (χ1n) is 5.60. The first-order chi connectivity index (χ1) is 8.63. The number of furan rings is 1. The SMILES string of the molecule is CC(=O)OOc1cccc2c(CCO)c(C)oc12. The molecule has 2 rings (SSSR count). The van der Waals surface area contributed by atoms with E-state index >= 15 is 0 Å². The average molecular weight is 250 g/mol. The summed E-state index contributed by atoms with van der Waals surface area (Å²) < 4.78 is 5.59. The number of hydrogen-bond donors (Lipinski definition) is 1. The Balaban J connectivity index is 2.43. The number of carbonyl (C=O) groups is 1. The van der Waals surface area contributed by atoms with Gasteiger partial charge in [0.05, 0.1) is 0 Å². The molecule has 1 aromatic carbocycles. The number of carbonyl (C=O) groups excluding carboxylic acids is 1. The molecule has 0 aliphatic heterocycles. The molecule has 0 aliphatic rings. The van der Waals surface area contributed by atoms with E-state index in [9.17, 15) is 4.79 Å². The summed E-state index contributed by atoms with van der Waals surface area (Å²) in [5.41, 5.74) is 1.44. The Morgan fingerprint density at radius 2 is 2.22 bits per heavy atom. The van der Waals surface area contributed by atoms with Crippen LogP contribution in [0.5, 0.6) is 5.75 Å². The monoisotopic (exact) mass is 250 g/mol. The summed E-state index contributed by atoms with van der Waals surface area (Å²) in [4.78, 5) is 20.1. The van der Waals surface area contributed by atoms with Gasteiger partial charge in [-0.15, -0.1) is 0 Å². The van der Waals surface area contributed by atoms with E-state index in [4.69, 9.17) is 14.4 Å². The molecular weight excluding hydrogens is 236 g/mol. The zero-order chi connectivity index (χ0) is 13.1. The molecule has 0 spiro atoms. The maximum atomic E-state index is 10.7. The van der Waals surface area contributed by atoms with Crippen LogP contribution in [-0.2, 0) is 16.1 Å². The van der Waals surface area contributed by atoms with Gasteiger partial charge in [-0.1, -0.05) is 12.1 Å². The van der Waals surface area contributed by atoms with Crippen LogP contribution < -0.4 is 4.89 Å². The second-order valence-electron chi connectivity index (χ2n) is 3.90. The van der Waals surface area contributed by atoms with Crippen LogP contribution in [0.15, 0.2) is 22.6 Å². The van der Waals surface area contributed by atoms with Gasteiger partial charge >= 0.3 is 5.97 Å². The van der Waals surface area contributed by atoms with Crippen molar-refractivity contribution in [2.45, 2.75) is 20.3 Å². The fourth-order valence-corrected chi connectivity index (χ4v) is 1.85. The van der Waals surface area contributed by atoms with E-state index in [2.05, 4.69) is 4.89 Å². The zero-order valence-electron chi connectivity index (χ0n) is 10.2. The predicted octanol–water partition coefficient (Wildman–Crippen LogP) is 2.13. The standard InChI is InChI=1S/C13H14O5/c1-8-10(6-7-14)11-4-3-5-12(13(11)16-8)18-17-9(2)15/h3-5,14H,6-7H2,1-2H3. The summed E-state index contributed by atoms with van der Waals surface area (Å²) in [5, 5.41) is 9.88. The van der Waals surface area contributed by atoms with Crippen LogP contribution >= 0.6 is 0 Å². The third kappa shape index (κ3) is 2.31. The highest BCUT2D eigenvalue weighted by molar-refractivity contribution is 5.87. The van der Waals surface area contributed by atoms with Crippen LogP contribution in [0.1, 0.15) is 18.2 Å². The van der Waals surface area contributed by atoms with Gasteiger partial charge in [-0.05, 0) is 19.4 Å². The number of aliphatic hydroxyl groups is 1. The quantitative estimate of drug-likeness (QED) is 0.665. The summed E-state index contributed by atoms with van der Waals surface area (Å²) >= 11 is 0. The zero-order valence-corrected chi connectivity index (χ0v) is 10.2. The normalized spacial score (nSPS) is 10.6. The Morgan fingerprint density at radius 1 is 1.44 bits per heavy atom. The number of fused-ring (bicyclic) bond motifs is 1. The van der Waals surface area contributed by atoms with E-state index in [1.54, 1.807) is 12.1 Å². The van der Waals surface area contributed by atoms with Crippen molar-refractivity contribution in [2.24, 2.45) is 0 Å². The molecule has 96 valence electrons. The smallest absolute Gasteiger partial charge is 0.352 e. The van der Waals surface area contributed by atoms with Gasteiger partial charge in [0.25, 0.3) is 0 Å². The van der Waals surface area contributed by atoms with E-state index in [-0.39, 0.29) is 6.61 Å². The van der Waals surface area contributed by atoms with Crippen LogP contribution in [0.25, 0.3) is 11.0 Å². The molecule has 0 saturated carbocycles. The van der Waals surface area contributed by atoms with E-state index in [1.807, 2.05) is 13.0 Å². The van der Waals surface area contributed by atoms with Crippen LogP contribution in [0.4, 0.5) is 0 Å². The Bertz CT molecular complexity index is 570. The molecule has 0 saturated heterocycles. The van der Waals surface area contributed by atoms with Crippen LogP contribution in [-0.4, -0.2) is 17.7 Å². The second-order valence-corrected chi connectivity index (χ2v) is 3.90. The van der Waals surface area contributed by atoms with Crippen molar-refractivity contribution in [3.63, 3.8) is 0 Å². The lowest BCUT2D eigenvalue weighted by molar-refractivity contribution is -0.210. The van der Waals surface area contributed by atoms with Crippen molar-refractivity contribution >= 4 is 16.9 Å². The Labute approximate surface area is 104 Å². The Kier molecular flexibility index (Phi) is 3.53. The molecule has 1 aromatic heterocycles. The summed E-state index contributed by atoms with van der Waals surface area (Å²) in [6, 6.07) is 5.30. The van der Waals surface area contributed by atoms with Crippen molar-refractivity contribution in [3.8, 4) is 5.75 Å². The Morgan fingerprint density at radius 3 is 2.89 bits per heavy atom. The molecule has 2 aromatic rings. The molecule has 0 bridgehead atoms. The molecule has 0 unspecified atom stereocenters. The summed E-state index contributed by atoms with van der Waals surface area (Å²) in [6.07, 6.45) is 0.510. The van der Waals surface area contributed by atoms with Gasteiger partial charge in [0.2, 0.25) is 5.75 Å². The number of hydrogen-bond acceptors (Lipinski definition) is 5. The lowest BCUT2D eigenvalue weighted by atomic mass is 10.1. The largest absolute Gasteiger partial charge is 0.457 e. The fraction of sp³-hybridized carbons (Fsp3) is 0.308. The lowest BCUT2D eigenvalue weighted by Gasteiger charge is -2.02. The van der Waals surface area contributed by atoms with E-state index in [0.29, 0.717) is 17.8 Å². The van der Waals surface area contributed by atoms with Crippen molar-refractivity contribution in [1.29, 1.82) is 0 Å². The summed E-state index contributed by atoms with van der Waals surface area (Å²) in [5.74, 6) is 0.527. The maximum absolute atomic E-state index is 10.7. The van der Waals surface area contributed by atoms with Gasteiger partial charge < -0.3 is 9.52 Å². The van der Waals surface area contributed by atoms with Crippen molar-refractivity contribution in [2.75, 3.05) is 6.61 Å². The van der Waals surface area contributed by atoms with Gasteiger partial charge in [-0.3, -0.25) is 9.78 Å². The Hall–Kier alpha value is -2.01. The predicted molar refractivity (Wildman–Crippen MR) is 64.1 cm³/mol. The molecular formula is C13H14O5.